The average molecular weight is 408 g/mol. The minimum absolute atomic E-state index is 0.0306. The lowest BCUT2D eigenvalue weighted by Crippen LogP contribution is -2.37. The second-order valence-corrected chi connectivity index (χ2v) is 8.42. The van der Waals surface area contributed by atoms with E-state index in [1.54, 1.807) is 10.0 Å². The summed E-state index contributed by atoms with van der Waals surface area (Å²) in [5, 5.41) is 0.615. The molecule has 148 valence electrons. The summed E-state index contributed by atoms with van der Waals surface area (Å²) < 4.78 is 8.61. The predicted molar refractivity (Wildman–Crippen MR) is 115 cm³/mol. The minimum atomic E-state index is -0.283. The highest BCUT2D eigenvalue weighted by Gasteiger charge is 2.19. The number of hydrogen-bond acceptors (Lipinski definition) is 6. The first-order valence-corrected chi connectivity index (χ1v) is 10.3. The Bertz CT molecular complexity index is 1350. The molecular formula is C21H20N4O3S. The van der Waals surface area contributed by atoms with Gasteiger partial charge in [0.25, 0.3) is 11.1 Å². The lowest BCUT2D eigenvalue weighted by atomic mass is 10.1. The van der Waals surface area contributed by atoms with E-state index in [4.69, 9.17) is 4.74 Å². The van der Waals surface area contributed by atoms with Gasteiger partial charge in [-0.2, -0.15) is 0 Å². The Labute approximate surface area is 170 Å². The van der Waals surface area contributed by atoms with Crippen LogP contribution in [0, 0.1) is 0 Å². The summed E-state index contributed by atoms with van der Waals surface area (Å²) in [6.07, 6.45) is 0. The third-order valence-electron chi connectivity index (χ3n) is 5.50. The van der Waals surface area contributed by atoms with E-state index >= 15 is 0 Å². The Hall–Kier alpha value is -2.97. The molecule has 0 unspecified atom stereocenters. The van der Waals surface area contributed by atoms with Crippen LogP contribution in [0.15, 0.2) is 46.0 Å². The third-order valence-corrected chi connectivity index (χ3v) is 6.69. The van der Waals surface area contributed by atoms with Crippen molar-refractivity contribution < 1.29 is 4.74 Å². The summed E-state index contributed by atoms with van der Waals surface area (Å²) >= 11 is 1.39. The number of H-pyrrole nitrogens is 1. The zero-order chi connectivity index (χ0) is 20.1. The van der Waals surface area contributed by atoms with Crippen LogP contribution in [-0.4, -0.2) is 45.1 Å². The number of nitrogens with zero attached hydrogens (tertiary/aromatic N) is 3. The van der Waals surface area contributed by atoms with Crippen molar-refractivity contribution in [3.8, 4) is 17.0 Å². The van der Waals surface area contributed by atoms with Gasteiger partial charge in [0, 0.05) is 24.7 Å². The van der Waals surface area contributed by atoms with Crippen LogP contribution >= 0.6 is 11.5 Å². The monoisotopic (exact) mass is 408 g/mol. The standard InChI is InChI=1S/C21H20N4O3S/c1-12-11-28-16-8-4-7-15-18(16)23-17(20(26)22-15)13-5-3-6-14-19(13)29-25(21(14)27)10-9-24(12)2/h3-8,12H,9-11H2,1-2H3,(H,22,26)/t12-/m1/s1. The van der Waals surface area contributed by atoms with E-state index in [-0.39, 0.29) is 17.2 Å². The summed E-state index contributed by atoms with van der Waals surface area (Å²) in [7, 11) is 2.03. The maximum Gasteiger partial charge on any atom is 0.275 e. The van der Waals surface area contributed by atoms with Crippen molar-refractivity contribution in [3.05, 3.63) is 57.1 Å². The normalized spacial score (nSPS) is 17.7. The van der Waals surface area contributed by atoms with Gasteiger partial charge >= 0.3 is 0 Å². The first-order valence-electron chi connectivity index (χ1n) is 9.52. The van der Waals surface area contributed by atoms with Crippen molar-refractivity contribution in [1.82, 2.24) is 18.8 Å². The molecule has 4 bridgehead atoms. The summed E-state index contributed by atoms with van der Waals surface area (Å²) in [6, 6.07) is 11.1. The van der Waals surface area contributed by atoms with E-state index in [0.717, 1.165) is 11.2 Å². The number of likely N-dealkylation sites (N-methyl/N-ethyl adjacent to an activating group) is 1. The van der Waals surface area contributed by atoms with Gasteiger partial charge in [0.15, 0.2) is 0 Å². The van der Waals surface area contributed by atoms with Crippen molar-refractivity contribution in [2.45, 2.75) is 19.5 Å². The zero-order valence-electron chi connectivity index (χ0n) is 16.1. The summed E-state index contributed by atoms with van der Waals surface area (Å²) in [6.45, 7) is 3.87. The van der Waals surface area contributed by atoms with Crippen LogP contribution in [0.4, 0.5) is 0 Å². The molecule has 1 atom stereocenters. The molecule has 0 amide bonds. The van der Waals surface area contributed by atoms with Crippen molar-refractivity contribution in [2.75, 3.05) is 20.2 Å². The van der Waals surface area contributed by atoms with Crippen LogP contribution < -0.4 is 15.9 Å². The summed E-state index contributed by atoms with van der Waals surface area (Å²) in [5.41, 5.74) is 1.89. The minimum Gasteiger partial charge on any atom is -0.490 e. The smallest absolute Gasteiger partial charge is 0.275 e. The number of benzene rings is 2. The van der Waals surface area contributed by atoms with Crippen LogP contribution in [0.2, 0.25) is 0 Å². The van der Waals surface area contributed by atoms with E-state index in [0.29, 0.717) is 46.6 Å². The van der Waals surface area contributed by atoms with E-state index in [9.17, 15) is 9.59 Å². The molecule has 1 aliphatic rings. The highest BCUT2D eigenvalue weighted by molar-refractivity contribution is 7.14. The highest BCUT2D eigenvalue weighted by atomic mass is 32.1. The van der Waals surface area contributed by atoms with Gasteiger partial charge < -0.3 is 9.72 Å². The van der Waals surface area contributed by atoms with Crippen LogP contribution in [-0.2, 0) is 6.54 Å². The average Bonchev–Trinajstić information content (AvgIpc) is 3.05. The maximum atomic E-state index is 12.9. The number of para-hydroxylation sites is 1. The molecule has 1 aliphatic heterocycles. The lowest BCUT2D eigenvalue weighted by Gasteiger charge is -2.25. The second kappa shape index (κ2) is 6.82. The molecule has 3 heterocycles. The van der Waals surface area contributed by atoms with Gasteiger partial charge in [0.2, 0.25) is 0 Å². The van der Waals surface area contributed by atoms with Crippen molar-refractivity contribution in [3.63, 3.8) is 0 Å². The van der Waals surface area contributed by atoms with Crippen LogP contribution in [0.25, 0.3) is 32.4 Å². The molecule has 0 aliphatic carbocycles. The Morgan fingerprint density at radius 2 is 2.00 bits per heavy atom. The van der Waals surface area contributed by atoms with Gasteiger partial charge in [-0.1, -0.05) is 29.7 Å². The molecule has 0 radical (unpaired) electrons. The molecule has 4 aromatic rings. The second-order valence-electron chi connectivity index (χ2n) is 7.39. The fourth-order valence-corrected chi connectivity index (χ4v) is 4.70. The Kier molecular flexibility index (Phi) is 4.25. The fourth-order valence-electron chi connectivity index (χ4n) is 3.61. The molecule has 0 saturated carbocycles. The first kappa shape index (κ1) is 18.1. The zero-order valence-corrected chi connectivity index (χ0v) is 17.0. The quantitative estimate of drug-likeness (QED) is 0.484. The molecular weight excluding hydrogens is 388 g/mol. The summed E-state index contributed by atoms with van der Waals surface area (Å²) in [4.78, 5) is 35.5. The molecule has 2 aromatic carbocycles. The van der Waals surface area contributed by atoms with Crippen LogP contribution in [0.3, 0.4) is 0 Å². The van der Waals surface area contributed by atoms with Gasteiger partial charge in [-0.15, -0.1) is 0 Å². The molecule has 0 spiro atoms. The molecule has 5 rings (SSSR count). The molecule has 2 aromatic heterocycles. The highest BCUT2D eigenvalue weighted by Crippen LogP contribution is 2.30. The van der Waals surface area contributed by atoms with Crippen LogP contribution in [0.5, 0.6) is 5.75 Å². The van der Waals surface area contributed by atoms with Gasteiger partial charge in [0.05, 0.1) is 15.6 Å². The van der Waals surface area contributed by atoms with Crippen LogP contribution in [0.1, 0.15) is 6.92 Å². The Morgan fingerprint density at radius 3 is 2.86 bits per heavy atom. The van der Waals surface area contributed by atoms with Gasteiger partial charge in [-0.05, 0) is 32.2 Å². The molecule has 8 heteroatoms. The van der Waals surface area contributed by atoms with Crippen molar-refractivity contribution in [1.29, 1.82) is 0 Å². The van der Waals surface area contributed by atoms with Gasteiger partial charge in [-0.3, -0.25) is 18.4 Å². The number of aromatic amines is 1. The largest absolute Gasteiger partial charge is 0.490 e. The predicted octanol–water partition coefficient (Wildman–Crippen LogP) is 2.68. The van der Waals surface area contributed by atoms with E-state index in [1.165, 1.54) is 11.5 Å². The lowest BCUT2D eigenvalue weighted by molar-refractivity contribution is 0.171. The van der Waals surface area contributed by atoms with Crippen molar-refractivity contribution in [2.24, 2.45) is 0 Å². The molecule has 29 heavy (non-hydrogen) atoms. The first-order chi connectivity index (χ1) is 14.0. The summed E-state index contributed by atoms with van der Waals surface area (Å²) in [5.74, 6) is 0.634. The molecule has 1 N–H and O–H groups in total. The number of fused-ring (bicyclic) bond motifs is 3. The maximum absolute atomic E-state index is 12.9. The van der Waals surface area contributed by atoms with Crippen molar-refractivity contribution >= 4 is 32.7 Å². The van der Waals surface area contributed by atoms with E-state index in [2.05, 4.69) is 21.8 Å². The topological polar surface area (TPSA) is 80.2 Å². The van der Waals surface area contributed by atoms with E-state index < -0.39 is 0 Å². The SMILES string of the molecule is C[C@@H]1COc2cccc3[nH]c(=O)c(nc23)-c2cccc3c(=O)n(sc23)CCN1C. The number of rotatable bonds is 0. The van der Waals surface area contributed by atoms with Gasteiger partial charge in [0.1, 0.15) is 23.6 Å². The number of ether oxygens (including phenoxy) is 1. The third kappa shape index (κ3) is 2.95. The number of nitrogens with one attached hydrogen (secondary N) is 1. The number of aromatic nitrogens is 3. The van der Waals surface area contributed by atoms with Gasteiger partial charge in [-0.25, -0.2) is 4.98 Å². The Balaban J connectivity index is 1.84. The Morgan fingerprint density at radius 1 is 1.17 bits per heavy atom. The molecule has 0 saturated heterocycles. The van der Waals surface area contributed by atoms with E-state index in [1.807, 2.05) is 37.4 Å². The fraction of sp³-hybridized carbons (Fsp3) is 0.286. The number of hydrogen-bond donors (Lipinski definition) is 1. The molecule has 7 nitrogen and oxygen atoms in total. The molecule has 0 fully saturated rings.